The van der Waals surface area contributed by atoms with E-state index in [0.29, 0.717) is 18.0 Å². The lowest BCUT2D eigenvalue weighted by Crippen LogP contribution is -2.14. The summed E-state index contributed by atoms with van der Waals surface area (Å²) in [5.41, 5.74) is -0.273. The van der Waals surface area contributed by atoms with E-state index in [1.807, 2.05) is 0 Å². The number of carboxylic acid groups (broad SMARTS) is 1. The average molecular weight is 338 g/mol. The number of ether oxygens (including phenoxy) is 1. The maximum absolute atomic E-state index is 11.2. The first-order valence-corrected chi connectivity index (χ1v) is 8.24. The molecule has 0 heterocycles. The summed E-state index contributed by atoms with van der Waals surface area (Å²) in [6.07, 6.45) is 6.70. The highest BCUT2D eigenvalue weighted by Crippen LogP contribution is 2.34. The number of unbranched alkanes of at least 4 members (excludes halogenated alkanes) is 5. The molecule has 0 aliphatic carbocycles. The number of nitro benzene ring substituents is 1. The molecule has 0 aliphatic heterocycles. The number of anilines is 1. The van der Waals surface area contributed by atoms with Crippen LogP contribution in [0.2, 0.25) is 0 Å². The standard InChI is InChI=1S/C17H26N2O5/c1-4-5-6-7-8-9-10-24-16-12-14(19(22)23)13(17(20)21)11-15(16)18(2)3/h11-12H,4-10H2,1-3H3,(H,20,21). The minimum absolute atomic E-state index is 0.337. The fourth-order valence-electron chi connectivity index (χ4n) is 2.41. The molecule has 0 aromatic heterocycles. The molecule has 7 heteroatoms. The van der Waals surface area contributed by atoms with Crippen LogP contribution in [0.3, 0.4) is 0 Å². The summed E-state index contributed by atoms with van der Waals surface area (Å²) in [7, 11) is 3.48. The number of carbonyl (C=O) groups is 1. The Morgan fingerprint density at radius 1 is 1.21 bits per heavy atom. The van der Waals surface area contributed by atoms with Crippen LogP contribution in [0.1, 0.15) is 55.8 Å². The highest BCUT2D eigenvalue weighted by atomic mass is 16.6. The third kappa shape index (κ3) is 5.72. The van der Waals surface area contributed by atoms with Gasteiger partial charge in [-0.2, -0.15) is 0 Å². The van der Waals surface area contributed by atoms with Gasteiger partial charge in [0.25, 0.3) is 5.69 Å². The van der Waals surface area contributed by atoms with E-state index in [9.17, 15) is 14.9 Å². The molecule has 0 bridgehead atoms. The molecule has 0 amide bonds. The summed E-state index contributed by atoms with van der Waals surface area (Å²) in [5, 5.41) is 20.3. The average Bonchev–Trinajstić information content (AvgIpc) is 2.52. The van der Waals surface area contributed by atoms with Crippen LogP contribution in [-0.2, 0) is 0 Å². The summed E-state index contributed by atoms with van der Waals surface area (Å²) in [4.78, 5) is 23.3. The molecule has 1 aromatic carbocycles. The van der Waals surface area contributed by atoms with E-state index in [-0.39, 0.29) is 5.56 Å². The molecule has 0 fully saturated rings. The molecule has 134 valence electrons. The van der Waals surface area contributed by atoms with Crippen molar-refractivity contribution < 1.29 is 19.6 Å². The minimum atomic E-state index is -1.33. The Labute approximate surface area is 142 Å². The van der Waals surface area contributed by atoms with Gasteiger partial charge in [-0.05, 0) is 12.5 Å². The van der Waals surface area contributed by atoms with Gasteiger partial charge in [0.2, 0.25) is 0 Å². The summed E-state index contributed by atoms with van der Waals surface area (Å²) in [5.74, 6) is -0.988. The van der Waals surface area contributed by atoms with Gasteiger partial charge >= 0.3 is 5.97 Å². The van der Waals surface area contributed by atoms with Gasteiger partial charge in [-0.1, -0.05) is 39.0 Å². The molecule has 1 rings (SSSR count). The smallest absolute Gasteiger partial charge is 0.342 e. The molecule has 0 unspecified atom stereocenters. The van der Waals surface area contributed by atoms with Crippen LogP contribution in [0.4, 0.5) is 11.4 Å². The Morgan fingerprint density at radius 2 is 1.83 bits per heavy atom. The molecule has 0 aliphatic rings. The predicted octanol–water partition coefficient (Wildman–Crippen LogP) is 4.10. The number of aromatic carboxylic acids is 1. The van der Waals surface area contributed by atoms with Gasteiger partial charge < -0.3 is 14.7 Å². The first-order valence-electron chi connectivity index (χ1n) is 8.24. The first kappa shape index (κ1) is 19.7. The van der Waals surface area contributed by atoms with Gasteiger partial charge in [-0.3, -0.25) is 10.1 Å². The Kier molecular flexibility index (Phi) is 8.01. The normalized spacial score (nSPS) is 10.5. The zero-order valence-electron chi connectivity index (χ0n) is 14.6. The van der Waals surface area contributed by atoms with Crippen molar-refractivity contribution in [2.75, 3.05) is 25.6 Å². The topological polar surface area (TPSA) is 92.9 Å². The van der Waals surface area contributed by atoms with E-state index in [0.717, 1.165) is 19.3 Å². The third-order valence-corrected chi connectivity index (χ3v) is 3.74. The van der Waals surface area contributed by atoms with Crippen molar-refractivity contribution >= 4 is 17.3 Å². The van der Waals surface area contributed by atoms with E-state index in [4.69, 9.17) is 9.84 Å². The molecule has 24 heavy (non-hydrogen) atoms. The van der Waals surface area contributed by atoms with Gasteiger partial charge in [0.15, 0.2) is 0 Å². The fraction of sp³-hybridized carbons (Fsp3) is 0.588. The lowest BCUT2D eigenvalue weighted by molar-refractivity contribution is -0.385. The van der Waals surface area contributed by atoms with E-state index in [1.54, 1.807) is 19.0 Å². The van der Waals surface area contributed by atoms with Crippen molar-refractivity contribution in [3.63, 3.8) is 0 Å². The fourth-order valence-corrected chi connectivity index (χ4v) is 2.41. The van der Waals surface area contributed by atoms with Gasteiger partial charge in [0.1, 0.15) is 11.3 Å². The van der Waals surface area contributed by atoms with E-state index >= 15 is 0 Å². The summed E-state index contributed by atoms with van der Waals surface area (Å²) < 4.78 is 5.69. The summed E-state index contributed by atoms with van der Waals surface area (Å²) in [6, 6.07) is 2.49. The zero-order chi connectivity index (χ0) is 18.1. The second kappa shape index (κ2) is 9.75. The van der Waals surface area contributed by atoms with Gasteiger partial charge in [0, 0.05) is 14.1 Å². The van der Waals surface area contributed by atoms with Crippen molar-refractivity contribution in [1.82, 2.24) is 0 Å². The van der Waals surface area contributed by atoms with Crippen molar-refractivity contribution in [2.24, 2.45) is 0 Å². The first-order chi connectivity index (χ1) is 11.4. The monoisotopic (exact) mass is 338 g/mol. The molecule has 0 saturated carbocycles. The molecule has 1 N–H and O–H groups in total. The predicted molar refractivity (Wildman–Crippen MR) is 93.3 cm³/mol. The second-order valence-electron chi connectivity index (χ2n) is 5.91. The molecule has 0 saturated heterocycles. The molecule has 7 nitrogen and oxygen atoms in total. The maximum Gasteiger partial charge on any atom is 0.342 e. The molecular weight excluding hydrogens is 312 g/mol. The lowest BCUT2D eigenvalue weighted by Gasteiger charge is -2.18. The van der Waals surface area contributed by atoms with E-state index in [2.05, 4.69) is 6.92 Å². The number of benzene rings is 1. The minimum Gasteiger partial charge on any atom is -0.491 e. The summed E-state index contributed by atoms with van der Waals surface area (Å²) >= 11 is 0. The summed E-state index contributed by atoms with van der Waals surface area (Å²) in [6.45, 7) is 2.62. The van der Waals surface area contributed by atoms with Crippen LogP contribution in [0, 0.1) is 10.1 Å². The van der Waals surface area contributed by atoms with Crippen LogP contribution in [-0.4, -0.2) is 36.7 Å². The van der Waals surface area contributed by atoms with Crippen LogP contribution in [0.5, 0.6) is 5.75 Å². The molecule has 0 atom stereocenters. The van der Waals surface area contributed by atoms with Crippen LogP contribution in [0.25, 0.3) is 0 Å². The Balaban J connectivity index is 2.83. The molecule has 0 radical (unpaired) electrons. The number of rotatable bonds is 11. The van der Waals surface area contributed by atoms with Crippen molar-refractivity contribution in [3.8, 4) is 5.75 Å². The number of carboxylic acids is 1. The molecule has 1 aromatic rings. The van der Waals surface area contributed by atoms with Crippen molar-refractivity contribution in [3.05, 3.63) is 27.8 Å². The SMILES string of the molecule is CCCCCCCCOc1cc([N+](=O)[O-])c(C(=O)O)cc1N(C)C. The van der Waals surface area contributed by atoms with E-state index in [1.165, 1.54) is 31.4 Å². The number of nitrogens with zero attached hydrogens (tertiary/aromatic N) is 2. The highest BCUT2D eigenvalue weighted by molar-refractivity contribution is 5.94. The number of hydrogen-bond acceptors (Lipinski definition) is 5. The zero-order valence-corrected chi connectivity index (χ0v) is 14.6. The van der Waals surface area contributed by atoms with Crippen LogP contribution < -0.4 is 9.64 Å². The van der Waals surface area contributed by atoms with Crippen molar-refractivity contribution in [1.29, 1.82) is 0 Å². The molecule has 0 spiro atoms. The number of nitro groups is 1. The largest absolute Gasteiger partial charge is 0.491 e. The van der Waals surface area contributed by atoms with Gasteiger partial charge in [0.05, 0.1) is 23.3 Å². The van der Waals surface area contributed by atoms with Gasteiger partial charge in [-0.25, -0.2) is 4.79 Å². The quantitative estimate of drug-likeness (QED) is 0.371. The van der Waals surface area contributed by atoms with Crippen LogP contribution >= 0.6 is 0 Å². The van der Waals surface area contributed by atoms with Crippen LogP contribution in [0.15, 0.2) is 12.1 Å². The Morgan fingerprint density at radius 3 is 2.38 bits per heavy atom. The maximum atomic E-state index is 11.2. The Hall–Kier alpha value is -2.31. The third-order valence-electron chi connectivity index (χ3n) is 3.74. The molecular formula is C17H26N2O5. The number of hydrogen-bond donors (Lipinski definition) is 1. The lowest BCUT2D eigenvalue weighted by atomic mass is 10.1. The van der Waals surface area contributed by atoms with Crippen molar-refractivity contribution in [2.45, 2.75) is 45.4 Å². The second-order valence-corrected chi connectivity index (χ2v) is 5.91. The Bertz CT molecular complexity index is 572. The van der Waals surface area contributed by atoms with E-state index < -0.39 is 16.6 Å². The van der Waals surface area contributed by atoms with Gasteiger partial charge in [-0.15, -0.1) is 0 Å². The highest BCUT2D eigenvalue weighted by Gasteiger charge is 2.24.